The van der Waals surface area contributed by atoms with E-state index in [2.05, 4.69) is 41.2 Å². The van der Waals surface area contributed by atoms with Crippen LogP contribution in [0.4, 0.5) is 5.69 Å². The number of rotatable bonds is 6. The summed E-state index contributed by atoms with van der Waals surface area (Å²) in [5.74, 6) is 0.970. The molecule has 0 bridgehead atoms. The molecule has 1 saturated heterocycles. The smallest absolute Gasteiger partial charge is 0.193 e. The van der Waals surface area contributed by atoms with Gasteiger partial charge in [-0.15, -0.1) is 0 Å². The number of aliphatic hydroxyl groups excluding tert-OH is 1. The van der Waals surface area contributed by atoms with E-state index in [4.69, 9.17) is 5.73 Å². The minimum Gasteiger partial charge on any atom is -0.393 e. The lowest BCUT2D eigenvalue weighted by atomic mass is 10.0. The second-order valence-electron chi connectivity index (χ2n) is 6.60. The van der Waals surface area contributed by atoms with E-state index in [1.807, 2.05) is 12.1 Å². The Morgan fingerprint density at radius 2 is 2.13 bits per heavy atom. The molecule has 1 fully saturated rings. The molecule has 0 aliphatic carbocycles. The van der Waals surface area contributed by atoms with Crippen LogP contribution in [0, 0.1) is 0 Å². The Hall–Kier alpha value is -1.59. The van der Waals surface area contributed by atoms with Crippen LogP contribution in [0.25, 0.3) is 0 Å². The van der Waals surface area contributed by atoms with Gasteiger partial charge in [0.2, 0.25) is 0 Å². The predicted molar refractivity (Wildman–Crippen MR) is 96.9 cm³/mol. The molecule has 0 amide bonds. The van der Waals surface area contributed by atoms with E-state index < -0.39 is 0 Å². The summed E-state index contributed by atoms with van der Waals surface area (Å²) in [6, 6.07) is 8.29. The largest absolute Gasteiger partial charge is 0.393 e. The van der Waals surface area contributed by atoms with Crippen LogP contribution in [0.1, 0.15) is 44.6 Å². The topological polar surface area (TPSA) is 73.9 Å². The molecule has 0 saturated carbocycles. The summed E-state index contributed by atoms with van der Waals surface area (Å²) in [6.45, 7) is 8.07. The zero-order valence-electron chi connectivity index (χ0n) is 14.3. The summed E-state index contributed by atoms with van der Waals surface area (Å²) >= 11 is 0. The summed E-state index contributed by atoms with van der Waals surface area (Å²) in [7, 11) is 0. The molecular weight excluding hydrogens is 288 g/mol. The maximum Gasteiger partial charge on any atom is 0.193 e. The first-order valence-corrected chi connectivity index (χ1v) is 8.62. The minimum absolute atomic E-state index is 0.106. The van der Waals surface area contributed by atoms with Gasteiger partial charge in [-0.2, -0.15) is 0 Å². The average Bonchev–Trinajstić information content (AvgIpc) is 2.53. The summed E-state index contributed by atoms with van der Waals surface area (Å²) in [5, 5.41) is 12.7. The quantitative estimate of drug-likeness (QED) is 0.428. The molecule has 5 heteroatoms. The first-order valence-electron chi connectivity index (χ1n) is 8.62. The molecule has 1 heterocycles. The number of piperidine rings is 1. The molecule has 1 aliphatic heterocycles. The number of hydrogen-bond donors (Lipinski definition) is 3. The van der Waals surface area contributed by atoms with Crippen LogP contribution < -0.4 is 11.1 Å². The van der Waals surface area contributed by atoms with Gasteiger partial charge in [0.1, 0.15) is 0 Å². The third kappa shape index (κ3) is 6.20. The first-order chi connectivity index (χ1) is 11.0. The lowest BCUT2D eigenvalue weighted by molar-refractivity contribution is 0.0824. The zero-order chi connectivity index (χ0) is 16.7. The number of nitrogens with two attached hydrogens (primary N) is 1. The molecule has 1 aromatic rings. The van der Waals surface area contributed by atoms with E-state index in [0.29, 0.717) is 11.9 Å². The number of guanidine groups is 1. The molecule has 128 valence electrons. The van der Waals surface area contributed by atoms with Gasteiger partial charge in [-0.25, -0.2) is 0 Å². The van der Waals surface area contributed by atoms with Crippen molar-refractivity contribution in [3.8, 4) is 0 Å². The molecule has 1 aliphatic rings. The fraction of sp³-hybridized carbons (Fsp3) is 0.611. The van der Waals surface area contributed by atoms with Crippen molar-refractivity contribution in [2.45, 2.75) is 45.1 Å². The van der Waals surface area contributed by atoms with Crippen molar-refractivity contribution in [2.75, 3.05) is 31.5 Å². The van der Waals surface area contributed by atoms with Crippen LogP contribution in [-0.4, -0.2) is 48.2 Å². The van der Waals surface area contributed by atoms with Gasteiger partial charge in [-0.05, 0) is 49.4 Å². The lowest BCUT2D eigenvalue weighted by Crippen LogP contribution is -2.36. The summed E-state index contributed by atoms with van der Waals surface area (Å²) in [6.07, 6.45) is 2.66. The average molecular weight is 318 g/mol. The highest BCUT2D eigenvalue weighted by molar-refractivity contribution is 5.92. The third-order valence-corrected chi connectivity index (χ3v) is 4.30. The molecule has 0 radical (unpaired) electrons. The summed E-state index contributed by atoms with van der Waals surface area (Å²) in [4.78, 5) is 6.79. The van der Waals surface area contributed by atoms with Crippen molar-refractivity contribution in [1.82, 2.24) is 4.90 Å². The van der Waals surface area contributed by atoms with Crippen LogP contribution in [-0.2, 0) is 0 Å². The van der Waals surface area contributed by atoms with E-state index in [9.17, 15) is 5.11 Å². The van der Waals surface area contributed by atoms with E-state index in [0.717, 1.165) is 51.1 Å². The van der Waals surface area contributed by atoms with Crippen molar-refractivity contribution in [2.24, 2.45) is 10.7 Å². The third-order valence-electron chi connectivity index (χ3n) is 4.30. The number of benzene rings is 1. The first kappa shape index (κ1) is 17.8. The van der Waals surface area contributed by atoms with Crippen LogP contribution in [0.3, 0.4) is 0 Å². The van der Waals surface area contributed by atoms with Gasteiger partial charge < -0.3 is 21.1 Å². The molecule has 4 N–H and O–H groups in total. The number of aliphatic imine (C=N–C) groups is 1. The molecule has 5 nitrogen and oxygen atoms in total. The van der Waals surface area contributed by atoms with Crippen LogP contribution in [0.5, 0.6) is 0 Å². The number of nitrogens with zero attached hydrogens (tertiary/aromatic N) is 2. The van der Waals surface area contributed by atoms with E-state index in [-0.39, 0.29) is 6.10 Å². The number of aliphatic hydroxyl groups is 1. The Kier molecular flexibility index (Phi) is 6.86. The van der Waals surface area contributed by atoms with Gasteiger partial charge in [-0.1, -0.05) is 26.0 Å². The Morgan fingerprint density at radius 3 is 2.83 bits per heavy atom. The fourth-order valence-corrected chi connectivity index (χ4v) is 2.80. The molecule has 2 rings (SSSR count). The molecule has 0 spiro atoms. The summed E-state index contributed by atoms with van der Waals surface area (Å²) < 4.78 is 0. The monoisotopic (exact) mass is 318 g/mol. The second kappa shape index (κ2) is 8.89. The van der Waals surface area contributed by atoms with Crippen molar-refractivity contribution in [1.29, 1.82) is 0 Å². The van der Waals surface area contributed by atoms with E-state index >= 15 is 0 Å². The van der Waals surface area contributed by atoms with Gasteiger partial charge in [0.05, 0.1) is 6.10 Å². The number of anilines is 1. The highest BCUT2D eigenvalue weighted by Gasteiger charge is 2.15. The molecule has 0 aromatic heterocycles. The molecular formula is C18H30N4O. The van der Waals surface area contributed by atoms with Gasteiger partial charge in [0.15, 0.2) is 5.96 Å². The normalized spacial score (nSPS) is 17.7. The Morgan fingerprint density at radius 1 is 1.39 bits per heavy atom. The molecule has 0 unspecified atom stereocenters. The van der Waals surface area contributed by atoms with Gasteiger partial charge in [0.25, 0.3) is 0 Å². The molecule has 1 aromatic carbocycles. The Labute approximate surface area is 139 Å². The van der Waals surface area contributed by atoms with Gasteiger partial charge in [-0.3, -0.25) is 4.99 Å². The van der Waals surface area contributed by atoms with E-state index in [1.165, 1.54) is 5.56 Å². The van der Waals surface area contributed by atoms with Gasteiger partial charge in [0, 0.05) is 25.3 Å². The Balaban J connectivity index is 1.72. The van der Waals surface area contributed by atoms with Crippen LogP contribution in [0.2, 0.25) is 0 Å². The van der Waals surface area contributed by atoms with Crippen LogP contribution >= 0.6 is 0 Å². The van der Waals surface area contributed by atoms with Crippen molar-refractivity contribution >= 4 is 11.6 Å². The highest BCUT2D eigenvalue weighted by atomic mass is 16.3. The van der Waals surface area contributed by atoms with Crippen molar-refractivity contribution in [3.63, 3.8) is 0 Å². The maximum atomic E-state index is 9.49. The van der Waals surface area contributed by atoms with Crippen molar-refractivity contribution < 1.29 is 5.11 Å². The van der Waals surface area contributed by atoms with Crippen LogP contribution in [0.15, 0.2) is 29.3 Å². The number of likely N-dealkylation sites (tertiary alicyclic amines) is 1. The second-order valence-corrected chi connectivity index (χ2v) is 6.60. The van der Waals surface area contributed by atoms with Gasteiger partial charge >= 0.3 is 0 Å². The number of nitrogens with one attached hydrogen (secondary N) is 1. The predicted octanol–water partition coefficient (Wildman–Crippen LogP) is 2.38. The lowest BCUT2D eigenvalue weighted by Gasteiger charge is -2.29. The fourth-order valence-electron chi connectivity index (χ4n) is 2.80. The maximum absolute atomic E-state index is 9.49. The molecule has 0 atom stereocenters. The van der Waals surface area contributed by atoms with Crippen molar-refractivity contribution in [3.05, 3.63) is 29.8 Å². The van der Waals surface area contributed by atoms with E-state index in [1.54, 1.807) is 0 Å². The minimum atomic E-state index is -0.106. The highest BCUT2D eigenvalue weighted by Crippen LogP contribution is 2.18. The standard InChI is InChI=1S/C18H30N4O/c1-14(2)15-5-3-6-16(13-15)21-18(19)20-9-4-10-22-11-7-17(23)8-12-22/h3,5-6,13-14,17,23H,4,7-12H2,1-2H3,(H3,19,20,21). The zero-order valence-corrected chi connectivity index (χ0v) is 14.3. The Bertz CT molecular complexity index is 507. The summed E-state index contributed by atoms with van der Waals surface area (Å²) in [5.41, 5.74) is 8.24. The SMILES string of the molecule is CC(C)c1cccc(NC(N)=NCCCN2CCC(O)CC2)c1. The molecule has 23 heavy (non-hydrogen) atoms. The number of hydrogen-bond acceptors (Lipinski definition) is 3.